The molecule has 0 radical (unpaired) electrons. The molecule has 0 aromatic heterocycles. The number of halogens is 2. The first-order chi connectivity index (χ1) is 5.07. The molecule has 2 atom stereocenters. The summed E-state index contributed by atoms with van der Waals surface area (Å²) in [5.74, 6) is 0. The van der Waals surface area contributed by atoms with Crippen LogP contribution in [-0.4, -0.2) is 33.9 Å². The maximum atomic E-state index is 12.9. The van der Waals surface area contributed by atoms with Crippen LogP contribution in [0.3, 0.4) is 0 Å². The van der Waals surface area contributed by atoms with Crippen molar-refractivity contribution >= 4 is 29.3 Å². The van der Waals surface area contributed by atoms with Crippen LogP contribution in [-0.2, 0) is 0 Å². The number of alkyl halides is 2. The lowest BCUT2D eigenvalue weighted by molar-refractivity contribution is 0.294. The van der Waals surface area contributed by atoms with Crippen LogP contribution in [0.25, 0.3) is 0 Å². The van der Waals surface area contributed by atoms with Gasteiger partial charge in [0.25, 0.3) is 0 Å². The van der Waals surface area contributed by atoms with Gasteiger partial charge < -0.3 is 10.0 Å². The Hall–Kier alpha value is -0.195. The molecule has 0 saturated heterocycles. The van der Waals surface area contributed by atoms with Crippen LogP contribution in [0.2, 0.25) is 0 Å². The molecule has 1 aliphatic rings. The van der Waals surface area contributed by atoms with Crippen LogP contribution in [0, 0.1) is 0 Å². The fourth-order valence-corrected chi connectivity index (χ4v) is 0.989. The molecular weight excluding hydrogens is 216 g/mol. The third-order valence-electron chi connectivity index (χ3n) is 1.42. The number of hydrogen-bond acceptors (Lipinski definition) is 3. The van der Waals surface area contributed by atoms with Gasteiger partial charge in [0.05, 0.1) is 0 Å². The van der Waals surface area contributed by atoms with Gasteiger partial charge in [-0.1, -0.05) is 22.0 Å². The number of hydrogen-bond donors (Lipinski definition) is 2. The highest BCUT2D eigenvalue weighted by Crippen LogP contribution is 2.30. The van der Waals surface area contributed by atoms with Crippen molar-refractivity contribution in [3.63, 3.8) is 0 Å². The van der Waals surface area contributed by atoms with Crippen molar-refractivity contribution in [2.45, 2.75) is 10.5 Å². The van der Waals surface area contributed by atoms with E-state index in [0.29, 0.717) is 0 Å². The van der Waals surface area contributed by atoms with Gasteiger partial charge in [0.1, 0.15) is 4.22 Å². The Morgan fingerprint density at radius 2 is 2.27 bits per heavy atom. The van der Waals surface area contributed by atoms with Gasteiger partial charge in [-0.3, -0.25) is 4.99 Å². The minimum Gasteiger partial charge on any atom is -0.426 e. The van der Waals surface area contributed by atoms with Gasteiger partial charge in [0.15, 0.2) is 0 Å². The molecule has 0 aromatic carbocycles. The Balaban J connectivity index is 2.85. The Morgan fingerprint density at radius 3 is 2.64 bits per heavy atom. The standard InChI is InChI=1S/C5H6BBrFNO2/c7-5(6(10)11)2-1-3-9-4(5)8/h1-4,10-11H. The van der Waals surface area contributed by atoms with Crippen molar-refractivity contribution in [2.24, 2.45) is 4.99 Å². The molecule has 3 nitrogen and oxygen atoms in total. The normalized spacial score (nSPS) is 35.8. The van der Waals surface area contributed by atoms with Crippen LogP contribution in [0.1, 0.15) is 0 Å². The molecule has 0 aliphatic carbocycles. The van der Waals surface area contributed by atoms with E-state index >= 15 is 0 Å². The van der Waals surface area contributed by atoms with Crippen molar-refractivity contribution < 1.29 is 14.4 Å². The molecule has 0 saturated carbocycles. The summed E-state index contributed by atoms with van der Waals surface area (Å²) < 4.78 is 11.4. The molecular formula is C5H6BBrFNO2. The van der Waals surface area contributed by atoms with Gasteiger partial charge in [0, 0.05) is 6.21 Å². The van der Waals surface area contributed by atoms with E-state index < -0.39 is 17.6 Å². The molecule has 1 heterocycles. The molecule has 1 aliphatic heterocycles. The molecule has 0 amide bonds. The van der Waals surface area contributed by atoms with E-state index in [2.05, 4.69) is 20.9 Å². The predicted octanol–water partition coefficient (Wildman–Crippen LogP) is 0.0683. The lowest BCUT2D eigenvalue weighted by Gasteiger charge is -2.25. The van der Waals surface area contributed by atoms with E-state index in [1.54, 1.807) is 0 Å². The quantitative estimate of drug-likeness (QED) is 0.374. The molecule has 1 rings (SSSR count). The van der Waals surface area contributed by atoms with E-state index in [1.165, 1.54) is 18.4 Å². The van der Waals surface area contributed by atoms with Crippen LogP contribution in [0.5, 0.6) is 0 Å². The molecule has 0 bridgehead atoms. The SMILES string of the molecule is OB(O)C1(Br)C=CC=NC1F. The first kappa shape index (κ1) is 8.90. The van der Waals surface area contributed by atoms with Crippen LogP contribution >= 0.6 is 15.9 Å². The lowest BCUT2D eigenvalue weighted by Crippen LogP contribution is -2.47. The van der Waals surface area contributed by atoms with E-state index in [4.69, 9.17) is 10.0 Å². The third kappa shape index (κ3) is 1.52. The Labute approximate surface area is 71.9 Å². The zero-order chi connectivity index (χ0) is 8.48. The molecule has 2 unspecified atom stereocenters. The van der Waals surface area contributed by atoms with Crippen LogP contribution in [0.15, 0.2) is 17.1 Å². The fourth-order valence-electron chi connectivity index (χ4n) is 0.718. The summed E-state index contributed by atoms with van der Waals surface area (Å²) in [6.07, 6.45) is 2.37. The van der Waals surface area contributed by atoms with E-state index in [9.17, 15) is 4.39 Å². The molecule has 60 valence electrons. The maximum absolute atomic E-state index is 12.9. The summed E-state index contributed by atoms with van der Waals surface area (Å²) in [7, 11) is -1.80. The molecule has 11 heavy (non-hydrogen) atoms. The second kappa shape index (κ2) is 3.04. The van der Waals surface area contributed by atoms with Crippen molar-refractivity contribution in [1.82, 2.24) is 0 Å². The fraction of sp³-hybridized carbons (Fsp3) is 0.400. The average molecular weight is 222 g/mol. The van der Waals surface area contributed by atoms with Crippen LogP contribution < -0.4 is 0 Å². The van der Waals surface area contributed by atoms with Crippen molar-refractivity contribution in [3.05, 3.63) is 12.2 Å². The summed E-state index contributed by atoms with van der Waals surface area (Å²) in [6, 6.07) is 0. The van der Waals surface area contributed by atoms with E-state index in [1.807, 2.05) is 0 Å². The van der Waals surface area contributed by atoms with Crippen molar-refractivity contribution in [3.8, 4) is 0 Å². The second-order valence-corrected chi connectivity index (χ2v) is 3.57. The van der Waals surface area contributed by atoms with Gasteiger partial charge >= 0.3 is 7.12 Å². The summed E-state index contributed by atoms with van der Waals surface area (Å²) in [6.45, 7) is 0. The zero-order valence-corrected chi connectivity index (χ0v) is 7.07. The topological polar surface area (TPSA) is 52.8 Å². The molecule has 0 spiro atoms. The van der Waals surface area contributed by atoms with Gasteiger partial charge in [-0.2, -0.15) is 0 Å². The summed E-state index contributed by atoms with van der Waals surface area (Å²) >= 11 is 2.85. The largest absolute Gasteiger partial charge is 0.478 e. The highest BCUT2D eigenvalue weighted by atomic mass is 79.9. The Kier molecular flexibility index (Phi) is 2.46. The smallest absolute Gasteiger partial charge is 0.426 e. The third-order valence-corrected chi connectivity index (χ3v) is 2.47. The monoisotopic (exact) mass is 221 g/mol. The summed E-state index contributed by atoms with van der Waals surface area (Å²) in [5.41, 5.74) is 0. The number of allylic oxidation sites excluding steroid dienone is 1. The van der Waals surface area contributed by atoms with Gasteiger partial charge in [0.2, 0.25) is 6.30 Å². The minimum absolute atomic E-state index is 1.27. The van der Waals surface area contributed by atoms with Crippen LogP contribution in [0.4, 0.5) is 4.39 Å². The zero-order valence-electron chi connectivity index (χ0n) is 5.48. The Morgan fingerprint density at radius 1 is 1.64 bits per heavy atom. The van der Waals surface area contributed by atoms with Gasteiger partial charge in [-0.05, 0) is 6.08 Å². The first-order valence-electron chi connectivity index (χ1n) is 2.97. The molecule has 0 aromatic rings. The van der Waals surface area contributed by atoms with Gasteiger partial charge in [-0.25, -0.2) is 4.39 Å². The number of nitrogens with zero attached hydrogens (tertiary/aromatic N) is 1. The Bertz CT molecular complexity index is 211. The highest BCUT2D eigenvalue weighted by Gasteiger charge is 2.46. The molecule has 0 fully saturated rings. The lowest BCUT2D eigenvalue weighted by atomic mass is 9.71. The van der Waals surface area contributed by atoms with E-state index in [0.717, 1.165) is 0 Å². The molecule has 2 N–H and O–H groups in total. The predicted molar refractivity (Wildman–Crippen MR) is 44.4 cm³/mol. The van der Waals surface area contributed by atoms with E-state index in [-0.39, 0.29) is 0 Å². The van der Waals surface area contributed by atoms with Gasteiger partial charge in [-0.15, -0.1) is 0 Å². The second-order valence-electron chi connectivity index (χ2n) is 2.19. The first-order valence-corrected chi connectivity index (χ1v) is 3.77. The number of rotatable bonds is 1. The summed E-state index contributed by atoms with van der Waals surface area (Å²) in [5, 5.41) is 17.5. The average Bonchev–Trinajstić information content (AvgIpc) is 1.95. The number of aliphatic imine (C=N–C) groups is 1. The minimum atomic E-state index is -1.80. The highest BCUT2D eigenvalue weighted by molar-refractivity contribution is 9.10. The number of dihydropyridines is 1. The summed E-state index contributed by atoms with van der Waals surface area (Å²) in [4.78, 5) is 3.36. The van der Waals surface area contributed by atoms with Crippen molar-refractivity contribution in [1.29, 1.82) is 0 Å². The molecule has 6 heteroatoms. The van der Waals surface area contributed by atoms with Crippen molar-refractivity contribution in [2.75, 3.05) is 0 Å². The maximum Gasteiger partial charge on any atom is 0.478 e.